The lowest BCUT2D eigenvalue weighted by atomic mass is 10.1. The number of alkyl carbamates (subject to hydrolysis) is 1. The van der Waals surface area contributed by atoms with Gasteiger partial charge in [0, 0.05) is 41.8 Å². The van der Waals surface area contributed by atoms with E-state index in [2.05, 4.69) is 25.3 Å². The van der Waals surface area contributed by atoms with Gasteiger partial charge in [-0.2, -0.15) is 0 Å². The fourth-order valence-corrected chi connectivity index (χ4v) is 4.33. The molecule has 31 heavy (non-hydrogen) atoms. The van der Waals surface area contributed by atoms with Crippen LogP contribution < -0.4 is 5.32 Å². The maximum atomic E-state index is 11.9. The topological polar surface area (TPSA) is 92.8 Å². The molecule has 0 unspecified atom stereocenters. The van der Waals surface area contributed by atoms with E-state index in [1.165, 1.54) is 11.3 Å². The molecule has 0 fully saturated rings. The highest BCUT2D eigenvalue weighted by Crippen LogP contribution is 2.33. The molecule has 0 bridgehead atoms. The summed E-state index contributed by atoms with van der Waals surface area (Å²) in [5, 5.41) is 5.03. The molecular weight excluding hydrogens is 434 g/mol. The molecule has 2 N–H and O–H groups in total. The second kappa shape index (κ2) is 8.64. The maximum Gasteiger partial charge on any atom is 0.407 e. The molecule has 4 heterocycles. The summed E-state index contributed by atoms with van der Waals surface area (Å²) in [6, 6.07) is 7.69. The number of carbonyl (C=O) groups excluding carboxylic acids is 1. The summed E-state index contributed by atoms with van der Waals surface area (Å²) >= 11 is 7.95. The normalized spacial score (nSPS) is 11.6. The van der Waals surface area contributed by atoms with Crippen LogP contribution in [0.5, 0.6) is 0 Å². The average molecular weight is 456 g/mol. The van der Waals surface area contributed by atoms with E-state index in [4.69, 9.17) is 16.3 Å². The number of thiazole rings is 1. The van der Waals surface area contributed by atoms with Crippen molar-refractivity contribution in [3.63, 3.8) is 0 Å². The first-order valence-electron chi connectivity index (χ1n) is 9.77. The number of aromatic amines is 1. The number of amides is 1. The zero-order chi connectivity index (χ0) is 22.0. The Labute approximate surface area is 188 Å². The summed E-state index contributed by atoms with van der Waals surface area (Å²) in [6.07, 6.45) is 5.61. The molecule has 0 aliphatic carbocycles. The molecule has 0 atom stereocenters. The summed E-state index contributed by atoms with van der Waals surface area (Å²) in [4.78, 5) is 29.3. The van der Waals surface area contributed by atoms with Crippen LogP contribution >= 0.6 is 22.9 Å². The molecule has 4 aromatic rings. The van der Waals surface area contributed by atoms with Crippen molar-refractivity contribution in [2.75, 3.05) is 0 Å². The Morgan fingerprint density at radius 2 is 2.10 bits per heavy atom. The predicted octanol–water partition coefficient (Wildman–Crippen LogP) is 5.35. The number of nitrogens with zero attached hydrogens (tertiary/aromatic N) is 3. The van der Waals surface area contributed by atoms with Crippen molar-refractivity contribution in [3.8, 4) is 10.7 Å². The molecular formula is C22H22ClN5O2S. The SMILES string of the molecule is CC(C)(C)OC(=O)NCc1ccnc(-c2nc(Cl)c(Cc3c[nH]c4ncccc34)s2)c1. The summed E-state index contributed by atoms with van der Waals surface area (Å²) in [5.74, 6) is 0. The molecule has 0 spiro atoms. The van der Waals surface area contributed by atoms with Gasteiger partial charge in [-0.15, -0.1) is 11.3 Å². The molecule has 160 valence electrons. The van der Waals surface area contributed by atoms with Crippen LogP contribution in [0.1, 0.15) is 36.8 Å². The molecule has 7 nitrogen and oxygen atoms in total. The minimum atomic E-state index is -0.539. The van der Waals surface area contributed by atoms with Gasteiger partial charge in [0.15, 0.2) is 0 Å². The smallest absolute Gasteiger partial charge is 0.407 e. The molecule has 0 aliphatic heterocycles. The highest BCUT2D eigenvalue weighted by Gasteiger charge is 2.17. The molecule has 0 aromatic carbocycles. The third kappa shape index (κ3) is 5.21. The number of hydrogen-bond donors (Lipinski definition) is 2. The van der Waals surface area contributed by atoms with Crippen LogP contribution in [0.4, 0.5) is 4.79 Å². The summed E-state index contributed by atoms with van der Waals surface area (Å²) in [7, 11) is 0. The van der Waals surface area contributed by atoms with Crippen LogP contribution in [0.15, 0.2) is 42.9 Å². The minimum Gasteiger partial charge on any atom is -0.444 e. The molecule has 4 rings (SSSR count). The number of carbonyl (C=O) groups is 1. The van der Waals surface area contributed by atoms with Gasteiger partial charge in [-0.05, 0) is 56.2 Å². The molecule has 0 aliphatic rings. The Morgan fingerprint density at radius 3 is 2.90 bits per heavy atom. The fraction of sp³-hybridized carbons (Fsp3) is 0.273. The predicted molar refractivity (Wildman–Crippen MR) is 122 cm³/mol. The molecule has 9 heteroatoms. The van der Waals surface area contributed by atoms with Crippen LogP contribution in [-0.2, 0) is 17.7 Å². The number of rotatable bonds is 5. The van der Waals surface area contributed by atoms with Crippen molar-refractivity contribution in [2.45, 2.75) is 39.3 Å². The number of H-pyrrole nitrogens is 1. The van der Waals surface area contributed by atoms with Crippen molar-refractivity contribution < 1.29 is 9.53 Å². The van der Waals surface area contributed by atoms with E-state index in [9.17, 15) is 4.79 Å². The van der Waals surface area contributed by atoms with Gasteiger partial charge >= 0.3 is 6.09 Å². The summed E-state index contributed by atoms with van der Waals surface area (Å²) < 4.78 is 5.27. The van der Waals surface area contributed by atoms with Crippen LogP contribution in [0.3, 0.4) is 0 Å². The highest BCUT2D eigenvalue weighted by atomic mass is 35.5. The van der Waals surface area contributed by atoms with Crippen molar-refractivity contribution in [3.05, 3.63) is 64.0 Å². The number of nitrogens with one attached hydrogen (secondary N) is 2. The van der Waals surface area contributed by atoms with Gasteiger partial charge in [0.05, 0.1) is 5.69 Å². The van der Waals surface area contributed by atoms with Gasteiger partial charge in [0.2, 0.25) is 0 Å². The lowest BCUT2D eigenvalue weighted by Gasteiger charge is -2.19. The Morgan fingerprint density at radius 1 is 1.26 bits per heavy atom. The first-order chi connectivity index (χ1) is 14.8. The average Bonchev–Trinajstić information content (AvgIpc) is 3.30. The first kappa shape index (κ1) is 21.3. The lowest BCUT2D eigenvalue weighted by molar-refractivity contribution is 0.0523. The Hall–Kier alpha value is -2.97. The van der Waals surface area contributed by atoms with Crippen LogP contribution in [-0.4, -0.2) is 31.6 Å². The molecule has 0 saturated heterocycles. The Bertz CT molecular complexity index is 1230. The Balaban J connectivity index is 1.49. The molecule has 0 radical (unpaired) electrons. The van der Waals surface area contributed by atoms with Gasteiger partial charge in [0.25, 0.3) is 0 Å². The summed E-state index contributed by atoms with van der Waals surface area (Å²) in [5.41, 5.74) is 3.03. The highest BCUT2D eigenvalue weighted by molar-refractivity contribution is 7.15. The minimum absolute atomic E-state index is 0.332. The van der Waals surface area contributed by atoms with Gasteiger partial charge < -0.3 is 15.0 Å². The van der Waals surface area contributed by atoms with Gasteiger partial charge in [-0.25, -0.2) is 14.8 Å². The maximum absolute atomic E-state index is 11.9. The lowest BCUT2D eigenvalue weighted by Crippen LogP contribution is -2.32. The third-order valence-electron chi connectivity index (χ3n) is 4.42. The van der Waals surface area contributed by atoms with Crippen LogP contribution in [0.25, 0.3) is 21.7 Å². The number of aromatic nitrogens is 4. The standard InChI is InChI=1S/C22H22ClN5O2S/c1-22(2,3)30-21(29)27-11-13-6-8-24-16(9-13)20-28-18(23)17(31-20)10-14-12-26-19-15(14)5-4-7-25-19/h4-9,12H,10-11H2,1-3H3,(H,25,26)(H,27,29). The number of ether oxygens (including phenoxy) is 1. The largest absolute Gasteiger partial charge is 0.444 e. The Kier molecular flexibility index (Phi) is 5.93. The van der Waals surface area contributed by atoms with Crippen molar-refractivity contribution >= 4 is 40.1 Å². The molecule has 4 aromatic heterocycles. The summed E-state index contributed by atoms with van der Waals surface area (Å²) in [6.45, 7) is 5.81. The quantitative estimate of drug-likeness (QED) is 0.423. The van der Waals surface area contributed by atoms with Crippen LogP contribution in [0.2, 0.25) is 5.15 Å². The second-order valence-electron chi connectivity index (χ2n) is 8.03. The van der Waals surface area contributed by atoms with Crippen molar-refractivity contribution in [2.24, 2.45) is 0 Å². The van der Waals surface area contributed by atoms with E-state index < -0.39 is 11.7 Å². The van der Waals surface area contributed by atoms with Gasteiger partial charge in [-0.3, -0.25) is 4.98 Å². The van der Waals surface area contributed by atoms with Crippen LogP contribution in [0, 0.1) is 0 Å². The monoisotopic (exact) mass is 455 g/mol. The number of hydrogen-bond acceptors (Lipinski definition) is 6. The molecule has 1 amide bonds. The molecule has 0 saturated carbocycles. The number of pyridine rings is 2. The zero-order valence-electron chi connectivity index (χ0n) is 17.4. The van der Waals surface area contributed by atoms with E-state index in [1.54, 1.807) is 12.4 Å². The first-order valence-corrected chi connectivity index (χ1v) is 11.0. The fourth-order valence-electron chi connectivity index (χ4n) is 3.07. The zero-order valence-corrected chi connectivity index (χ0v) is 19.0. The van der Waals surface area contributed by atoms with Gasteiger partial charge in [0.1, 0.15) is 21.4 Å². The van der Waals surface area contributed by atoms with E-state index in [0.29, 0.717) is 23.8 Å². The van der Waals surface area contributed by atoms with E-state index in [-0.39, 0.29) is 0 Å². The van der Waals surface area contributed by atoms with E-state index in [1.807, 2.05) is 51.2 Å². The third-order valence-corrected chi connectivity index (χ3v) is 5.92. The van der Waals surface area contributed by atoms with E-state index >= 15 is 0 Å². The van der Waals surface area contributed by atoms with Gasteiger partial charge in [-0.1, -0.05) is 11.6 Å². The van der Waals surface area contributed by atoms with Crippen molar-refractivity contribution in [1.29, 1.82) is 0 Å². The van der Waals surface area contributed by atoms with Crippen molar-refractivity contribution in [1.82, 2.24) is 25.3 Å². The number of fused-ring (bicyclic) bond motifs is 1. The second-order valence-corrected chi connectivity index (χ2v) is 9.47. The van der Waals surface area contributed by atoms with E-state index in [0.717, 1.165) is 32.0 Å². The number of halogens is 1.